The number of ether oxygens (including phenoxy) is 2. The Morgan fingerprint density at radius 2 is 0.583 bits per heavy atom. The highest BCUT2D eigenvalue weighted by atomic mass is 16.5. The summed E-state index contributed by atoms with van der Waals surface area (Å²) in [7, 11) is 3.33. The quantitative estimate of drug-likeness (QED) is 0.0991. The van der Waals surface area contributed by atoms with Crippen molar-refractivity contribution >= 4 is 58.8 Å². The molecule has 6 nitrogen and oxygen atoms in total. The zero-order valence-corrected chi connectivity index (χ0v) is 26.7. The molecule has 6 aromatic rings. The number of rotatable bonds is 12. The Morgan fingerprint density at radius 3 is 0.812 bits per heavy atom. The Morgan fingerprint density at radius 1 is 0.354 bits per heavy atom. The summed E-state index contributed by atoms with van der Waals surface area (Å²) in [6, 6.07) is 47.6. The summed E-state index contributed by atoms with van der Waals surface area (Å²) in [5, 5.41) is 0. The first-order chi connectivity index (χ1) is 23.6. The van der Waals surface area contributed by atoms with Gasteiger partial charge in [0, 0.05) is 45.3 Å². The fourth-order valence-corrected chi connectivity index (χ4v) is 5.42. The average Bonchev–Trinajstić information content (AvgIpc) is 3.16. The molecule has 0 aliphatic rings. The highest BCUT2D eigenvalue weighted by Crippen LogP contribution is 2.37. The molecule has 0 N–H and O–H groups in total. The van der Waals surface area contributed by atoms with Gasteiger partial charge in [-0.1, -0.05) is 36.4 Å². The van der Waals surface area contributed by atoms with E-state index in [4.69, 9.17) is 9.47 Å². The molecule has 0 aliphatic carbocycles. The number of hydrogen-bond acceptors (Lipinski definition) is 6. The minimum atomic E-state index is 0.609. The monoisotopic (exact) mass is 630 g/mol. The van der Waals surface area contributed by atoms with Crippen LogP contribution in [0.5, 0.6) is 11.5 Å². The Hall–Kier alpha value is -6.40. The maximum Gasteiger partial charge on any atom is 0.150 e. The third-order valence-corrected chi connectivity index (χ3v) is 8.01. The van der Waals surface area contributed by atoms with Gasteiger partial charge in [0.25, 0.3) is 0 Å². The Labute approximate surface area is 280 Å². The van der Waals surface area contributed by atoms with Crippen LogP contribution >= 0.6 is 0 Å². The molecule has 0 radical (unpaired) electrons. The van der Waals surface area contributed by atoms with Crippen LogP contribution in [-0.2, 0) is 0 Å². The van der Waals surface area contributed by atoms with Crippen LogP contribution in [-0.4, -0.2) is 26.8 Å². The standard InChI is InChI=1S/C42H34N2O4/c1-47-41-25-21-39(22-26-41)44(40-23-27-42(48-2)28-24-40)36-15-7-32(8-16-36)4-3-31-5-13-35(14-6-31)43(37-17-9-33(29-45)10-18-37)38-19-11-34(30-46)12-20-38/h3-30H,1-2H3. The largest absolute Gasteiger partial charge is 0.497 e. The molecule has 0 aliphatic heterocycles. The normalized spacial score (nSPS) is 10.8. The van der Waals surface area contributed by atoms with Crippen molar-refractivity contribution in [3.05, 3.63) is 168 Å². The zero-order chi connectivity index (χ0) is 33.3. The van der Waals surface area contributed by atoms with Crippen LogP contribution in [0.3, 0.4) is 0 Å². The van der Waals surface area contributed by atoms with Crippen LogP contribution in [0.25, 0.3) is 12.2 Å². The summed E-state index contributed by atoms with van der Waals surface area (Å²) in [6.07, 6.45) is 5.85. The summed E-state index contributed by atoms with van der Waals surface area (Å²) >= 11 is 0. The molecule has 0 heterocycles. The van der Waals surface area contributed by atoms with Gasteiger partial charge >= 0.3 is 0 Å². The van der Waals surface area contributed by atoms with E-state index in [2.05, 4.69) is 70.5 Å². The first kappa shape index (κ1) is 31.6. The molecule has 0 bridgehead atoms. The van der Waals surface area contributed by atoms with Gasteiger partial charge in [0.05, 0.1) is 14.2 Å². The molecule has 0 unspecified atom stereocenters. The van der Waals surface area contributed by atoms with Gasteiger partial charge < -0.3 is 19.3 Å². The van der Waals surface area contributed by atoms with Crippen molar-refractivity contribution in [1.82, 2.24) is 0 Å². The zero-order valence-electron chi connectivity index (χ0n) is 26.7. The van der Waals surface area contributed by atoms with Crippen molar-refractivity contribution in [3.63, 3.8) is 0 Å². The predicted octanol–water partition coefficient (Wildman–Crippen LogP) is 10.4. The first-order valence-corrected chi connectivity index (χ1v) is 15.5. The molecule has 6 rings (SSSR count). The topological polar surface area (TPSA) is 59.1 Å². The molecule has 0 saturated carbocycles. The van der Waals surface area contributed by atoms with Crippen molar-refractivity contribution in [1.29, 1.82) is 0 Å². The molecule has 0 fully saturated rings. The molecule has 0 atom stereocenters. The van der Waals surface area contributed by atoms with E-state index in [0.717, 1.165) is 69.3 Å². The fraction of sp³-hybridized carbons (Fsp3) is 0.0476. The van der Waals surface area contributed by atoms with Crippen LogP contribution < -0.4 is 19.3 Å². The maximum absolute atomic E-state index is 11.2. The smallest absolute Gasteiger partial charge is 0.150 e. The second-order valence-corrected chi connectivity index (χ2v) is 11.0. The van der Waals surface area contributed by atoms with Gasteiger partial charge in [-0.3, -0.25) is 9.59 Å². The number of nitrogens with zero attached hydrogens (tertiary/aromatic N) is 2. The Balaban J connectivity index is 1.24. The summed E-state index contributed by atoms with van der Waals surface area (Å²) in [5.41, 5.74) is 9.14. The number of carbonyl (C=O) groups is 2. The van der Waals surface area contributed by atoms with E-state index in [9.17, 15) is 9.59 Å². The lowest BCUT2D eigenvalue weighted by Gasteiger charge is -2.26. The molecule has 6 heteroatoms. The van der Waals surface area contributed by atoms with Crippen LogP contribution in [0.1, 0.15) is 31.8 Å². The molecular weight excluding hydrogens is 596 g/mol. The summed E-state index contributed by atoms with van der Waals surface area (Å²) in [4.78, 5) is 26.8. The van der Waals surface area contributed by atoms with Crippen LogP contribution in [0, 0.1) is 0 Å². The van der Waals surface area contributed by atoms with Crippen molar-refractivity contribution in [2.45, 2.75) is 0 Å². The summed E-state index contributed by atoms with van der Waals surface area (Å²) in [6.45, 7) is 0. The molecule has 6 aromatic carbocycles. The lowest BCUT2D eigenvalue weighted by molar-refractivity contribution is 0.111. The number of hydrogen-bond donors (Lipinski definition) is 0. The first-order valence-electron chi connectivity index (χ1n) is 15.5. The van der Waals surface area contributed by atoms with Crippen LogP contribution in [0.4, 0.5) is 34.1 Å². The van der Waals surface area contributed by atoms with Crippen molar-refractivity contribution in [2.75, 3.05) is 24.0 Å². The summed E-state index contributed by atoms with van der Waals surface area (Å²) < 4.78 is 10.8. The average molecular weight is 631 g/mol. The Kier molecular flexibility index (Phi) is 9.73. The van der Waals surface area contributed by atoms with Gasteiger partial charge in [-0.25, -0.2) is 0 Å². The Bertz CT molecular complexity index is 1880. The SMILES string of the molecule is COc1ccc(N(c2ccc(C=Cc3ccc(N(c4ccc(C=O)cc4)c4ccc(C=O)cc4)cc3)cc2)c2ccc(OC)cc2)cc1. The van der Waals surface area contributed by atoms with E-state index in [1.165, 1.54) is 0 Å². The van der Waals surface area contributed by atoms with Gasteiger partial charge in [-0.05, 0) is 132 Å². The van der Waals surface area contributed by atoms with Gasteiger partial charge in [-0.2, -0.15) is 0 Å². The summed E-state index contributed by atoms with van der Waals surface area (Å²) in [5.74, 6) is 1.60. The number of benzene rings is 6. The molecule has 0 amide bonds. The van der Waals surface area contributed by atoms with E-state index in [1.807, 2.05) is 72.8 Å². The van der Waals surface area contributed by atoms with E-state index in [1.54, 1.807) is 38.5 Å². The van der Waals surface area contributed by atoms with Gasteiger partial charge in [0.15, 0.2) is 0 Å². The third kappa shape index (κ3) is 7.19. The number of aldehydes is 2. The second-order valence-electron chi connectivity index (χ2n) is 11.0. The van der Waals surface area contributed by atoms with Crippen LogP contribution in [0.15, 0.2) is 146 Å². The van der Waals surface area contributed by atoms with Gasteiger partial charge in [0.1, 0.15) is 24.1 Å². The number of carbonyl (C=O) groups excluding carboxylic acids is 2. The molecule has 236 valence electrons. The minimum Gasteiger partial charge on any atom is -0.497 e. The molecule has 0 aromatic heterocycles. The minimum absolute atomic E-state index is 0.609. The van der Waals surface area contributed by atoms with Crippen molar-refractivity contribution in [3.8, 4) is 11.5 Å². The number of anilines is 6. The second kappa shape index (κ2) is 14.8. The van der Waals surface area contributed by atoms with Crippen LogP contribution in [0.2, 0.25) is 0 Å². The molecule has 0 saturated heterocycles. The van der Waals surface area contributed by atoms with Crippen molar-refractivity contribution < 1.29 is 19.1 Å². The fourth-order valence-electron chi connectivity index (χ4n) is 5.42. The third-order valence-electron chi connectivity index (χ3n) is 8.01. The number of methoxy groups -OCH3 is 2. The lowest BCUT2D eigenvalue weighted by atomic mass is 10.1. The highest BCUT2D eigenvalue weighted by Gasteiger charge is 2.14. The molecule has 48 heavy (non-hydrogen) atoms. The molecular formula is C42H34N2O4. The van der Waals surface area contributed by atoms with Crippen molar-refractivity contribution in [2.24, 2.45) is 0 Å². The lowest BCUT2D eigenvalue weighted by Crippen LogP contribution is -2.10. The predicted molar refractivity (Wildman–Crippen MR) is 195 cm³/mol. The van der Waals surface area contributed by atoms with E-state index in [-0.39, 0.29) is 0 Å². The maximum atomic E-state index is 11.2. The highest BCUT2D eigenvalue weighted by molar-refractivity contribution is 5.83. The van der Waals surface area contributed by atoms with Gasteiger partial charge in [-0.15, -0.1) is 0 Å². The van der Waals surface area contributed by atoms with E-state index >= 15 is 0 Å². The molecule has 0 spiro atoms. The van der Waals surface area contributed by atoms with E-state index < -0.39 is 0 Å². The van der Waals surface area contributed by atoms with Gasteiger partial charge in [0.2, 0.25) is 0 Å². The van der Waals surface area contributed by atoms with E-state index in [0.29, 0.717) is 11.1 Å².